The predicted molar refractivity (Wildman–Crippen MR) is 82.7 cm³/mol. The van der Waals surface area contributed by atoms with Crippen molar-refractivity contribution in [1.29, 1.82) is 0 Å². The lowest BCUT2D eigenvalue weighted by molar-refractivity contribution is 0.244. The van der Waals surface area contributed by atoms with Gasteiger partial charge in [0.25, 0.3) is 0 Å². The molecule has 0 saturated heterocycles. The lowest BCUT2D eigenvalue weighted by atomic mass is 10.2. The number of nitrogens with one attached hydrogen (secondary N) is 1. The molecule has 108 valence electrons. The van der Waals surface area contributed by atoms with E-state index in [4.69, 9.17) is 0 Å². The van der Waals surface area contributed by atoms with E-state index in [9.17, 15) is 5.11 Å². The molecule has 1 aromatic rings. The third-order valence-electron chi connectivity index (χ3n) is 3.25. The van der Waals surface area contributed by atoms with Crippen molar-refractivity contribution in [1.82, 2.24) is 5.32 Å². The molecule has 0 fully saturated rings. The summed E-state index contributed by atoms with van der Waals surface area (Å²) in [4.78, 5) is 2.37. The Kier molecular flexibility index (Phi) is 8.26. The Morgan fingerprint density at radius 1 is 1.16 bits per heavy atom. The quantitative estimate of drug-likeness (QED) is 0.682. The van der Waals surface area contributed by atoms with Gasteiger partial charge >= 0.3 is 0 Å². The van der Waals surface area contributed by atoms with E-state index in [2.05, 4.69) is 48.3 Å². The first-order valence-electron chi connectivity index (χ1n) is 7.46. The van der Waals surface area contributed by atoms with Gasteiger partial charge in [0.1, 0.15) is 0 Å². The standard InChI is InChI=1S/C16H28N2O/c1-3-5-12-18(16-9-7-6-8-10-16)13-15(14-19)17-11-4-2/h6-10,15,17,19H,3-5,11-14H2,1-2H3. The molecule has 0 saturated carbocycles. The van der Waals surface area contributed by atoms with E-state index in [0.29, 0.717) is 0 Å². The van der Waals surface area contributed by atoms with Crippen LogP contribution in [0.4, 0.5) is 5.69 Å². The van der Waals surface area contributed by atoms with E-state index in [-0.39, 0.29) is 12.6 Å². The van der Waals surface area contributed by atoms with Gasteiger partial charge in [-0.25, -0.2) is 0 Å². The molecule has 0 spiro atoms. The Hall–Kier alpha value is -1.06. The SMILES string of the molecule is CCCCN(CC(CO)NCCC)c1ccccc1. The Morgan fingerprint density at radius 3 is 2.47 bits per heavy atom. The monoisotopic (exact) mass is 264 g/mol. The zero-order chi connectivity index (χ0) is 13.9. The molecule has 3 heteroatoms. The van der Waals surface area contributed by atoms with Crippen LogP contribution in [0.15, 0.2) is 30.3 Å². The lowest BCUT2D eigenvalue weighted by Gasteiger charge is -2.29. The third-order valence-corrected chi connectivity index (χ3v) is 3.25. The van der Waals surface area contributed by atoms with Gasteiger partial charge in [-0.1, -0.05) is 38.5 Å². The molecule has 1 atom stereocenters. The second-order valence-corrected chi connectivity index (χ2v) is 4.97. The number of unbranched alkanes of at least 4 members (excludes halogenated alkanes) is 1. The molecule has 1 unspecified atom stereocenters. The summed E-state index contributed by atoms with van der Waals surface area (Å²) < 4.78 is 0. The molecule has 0 aliphatic rings. The smallest absolute Gasteiger partial charge is 0.0601 e. The van der Waals surface area contributed by atoms with Crippen molar-refractivity contribution in [2.75, 3.05) is 31.1 Å². The predicted octanol–water partition coefficient (Wildman–Crippen LogP) is 2.65. The summed E-state index contributed by atoms with van der Waals surface area (Å²) in [7, 11) is 0. The Balaban J connectivity index is 2.62. The molecule has 3 nitrogen and oxygen atoms in total. The van der Waals surface area contributed by atoms with Crippen LogP contribution < -0.4 is 10.2 Å². The Labute approximate surface area is 117 Å². The van der Waals surface area contributed by atoms with Crippen molar-refractivity contribution in [2.45, 2.75) is 39.2 Å². The minimum atomic E-state index is 0.150. The maximum absolute atomic E-state index is 9.48. The number of nitrogens with zero attached hydrogens (tertiary/aromatic N) is 1. The second-order valence-electron chi connectivity index (χ2n) is 4.97. The lowest BCUT2D eigenvalue weighted by Crippen LogP contribution is -2.44. The van der Waals surface area contributed by atoms with Gasteiger partial charge in [0, 0.05) is 24.8 Å². The van der Waals surface area contributed by atoms with Gasteiger partial charge in [-0.05, 0) is 31.5 Å². The summed E-state index contributed by atoms with van der Waals surface area (Å²) in [5.41, 5.74) is 1.24. The summed E-state index contributed by atoms with van der Waals surface area (Å²) in [5, 5.41) is 12.9. The summed E-state index contributed by atoms with van der Waals surface area (Å²) in [6.45, 7) is 7.41. The number of anilines is 1. The van der Waals surface area contributed by atoms with E-state index < -0.39 is 0 Å². The molecule has 0 aliphatic carbocycles. The van der Waals surface area contributed by atoms with Crippen LogP contribution in [0.25, 0.3) is 0 Å². The van der Waals surface area contributed by atoms with Crippen LogP contribution in [0.3, 0.4) is 0 Å². The highest BCUT2D eigenvalue weighted by atomic mass is 16.3. The first kappa shape index (κ1) is 16.0. The maximum Gasteiger partial charge on any atom is 0.0601 e. The molecule has 0 aromatic heterocycles. The van der Waals surface area contributed by atoms with Gasteiger partial charge < -0.3 is 15.3 Å². The van der Waals surface area contributed by atoms with Gasteiger partial charge in [0.05, 0.1) is 6.61 Å². The van der Waals surface area contributed by atoms with Crippen LogP contribution in [0, 0.1) is 0 Å². The molecule has 1 rings (SSSR count). The number of benzene rings is 1. The van der Waals surface area contributed by atoms with Crippen molar-refractivity contribution < 1.29 is 5.11 Å². The van der Waals surface area contributed by atoms with Crippen molar-refractivity contribution in [3.8, 4) is 0 Å². The molecule has 0 heterocycles. The van der Waals surface area contributed by atoms with E-state index in [1.807, 2.05) is 6.07 Å². The van der Waals surface area contributed by atoms with Gasteiger partial charge in [0.2, 0.25) is 0 Å². The Morgan fingerprint density at radius 2 is 1.89 bits per heavy atom. The van der Waals surface area contributed by atoms with Crippen LogP contribution >= 0.6 is 0 Å². The number of aliphatic hydroxyl groups excluding tert-OH is 1. The molecular weight excluding hydrogens is 236 g/mol. The van der Waals surface area contributed by atoms with Crippen molar-refractivity contribution >= 4 is 5.69 Å². The fourth-order valence-electron chi connectivity index (χ4n) is 2.11. The zero-order valence-electron chi connectivity index (χ0n) is 12.3. The van der Waals surface area contributed by atoms with Gasteiger partial charge in [-0.3, -0.25) is 0 Å². The normalized spacial score (nSPS) is 12.4. The average molecular weight is 264 g/mol. The number of hydrogen-bond acceptors (Lipinski definition) is 3. The summed E-state index contributed by atoms with van der Waals surface area (Å²) in [6, 6.07) is 10.6. The fourth-order valence-corrected chi connectivity index (χ4v) is 2.11. The van der Waals surface area contributed by atoms with E-state index >= 15 is 0 Å². The van der Waals surface area contributed by atoms with Crippen molar-refractivity contribution in [2.24, 2.45) is 0 Å². The molecule has 2 N–H and O–H groups in total. The van der Waals surface area contributed by atoms with Gasteiger partial charge in [-0.15, -0.1) is 0 Å². The maximum atomic E-state index is 9.48. The van der Waals surface area contributed by atoms with Crippen molar-refractivity contribution in [3.05, 3.63) is 30.3 Å². The molecular formula is C16H28N2O. The highest BCUT2D eigenvalue weighted by Gasteiger charge is 2.12. The molecule has 0 amide bonds. The molecule has 0 radical (unpaired) electrons. The zero-order valence-corrected chi connectivity index (χ0v) is 12.3. The van der Waals surface area contributed by atoms with Crippen LogP contribution in [0.1, 0.15) is 33.1 Å². The van der Waals surface area contributed by atoms with Crippen LogP contribution in [0.2, 0.25) is 0 Å². The van der Waals surface area contributed by atoms with Gasteiger partial charge in [-0.2, -0.15) is 0 Å². The average Bonchev–Trinajstić information content (AvgIpc) is 2.47. The van der Waals surface area contributed by atoms with Crippen LogP contribution in [-0.2, 0) is 0 Å². The summed E-state index contributed by atoms with van der Waals surface area (Å²) in [6.07, 6.45) is 3.47. The third kappa shape index (κ3) is 6.08. The first-order valence-corrected chi connectivity index (χ1v) is 7.46. The molecule has 0 aliphatic heterocycles. The number of aliphatic hydroxyl groups is 1. The van der Waals surface area contributed by atoms with E-state index in [1.165, 1.54) is 18.5 Å². The van der Waals surface area contributed by atoms with Gasteiger partial charge in [0.15, 0.2) is 0 Å². The summed E-state index contributed by atoms with van der Waals surface area (Å²) >= 11 is 0. The minimum Gasteiger partial charge on any atom is -0.395 e. The van der Waals surface area contributed by atoms with Crippen LogP contribution in [-0.4, -0.2) is 37.4 Å². The Bertz CT molecular complexity index is 316. The number of para-hydroxylation sites is 1. The highest BCUT2D eigenvalue weighted by Crippen LogP contribution is 2.14. The number of hydrogen-bond donors (Lipinski definition) is 2. The number of rotatable bonds is 10. The largest absolute Gasteiger partial charge is 0.395 e. The van der Waals surface area contributed by atoms with Crippen LogP contribution in [0.5, 0.6) is 0 Å². The second kappa shape index (κ2) is 9.82. The molecule has 0 bridgehead atoms. The first-order chi connectivity index (χ1) is 9.31. The van der Waals surface area contributed by atoms with E-state index in [0.717, 1.165) is 26.1 Å². The molecule has 19 heavy (non-hydrogen) atoms. The minimum absolute atomic E-state index is 0.150. The van der Waals surface area contributed by atoms with E-state index in [1.54, 1.807) is 0 Å². The van der Waals surface area contributed by atoms with Crippen molar-refractivity contribution in [3.63, 3.8) is 0 Å². The molecule has 1 aromatic carbocycles. The topological polar surface area (TPSA) is 35.5 Å². The fraction of sp³-hybridized carbons (Fsp3) is 0.625. The highest BCUT2D eigenvalue weighted by molar-refractivity contribution is 5.46. The summed E-state index contributed by atoms with van der Waals surface area (Å²) in [5.74, 6) is 0.